The molecule has 0 radical (unpaired) electrons. The van der Waals surface area contributed by atoms with Crippen molar-refractivity contribution in [3.63, 3.8) is 0 Å². The second kappa shape index (κ2) is 9.80. The molecule has 10 heteroatoms. The van der Waals surface area contributed by atoms with Gasteiger partial charge in [0.1, 0.15) is 12.3 Å². The molecular formula is C23H25F3N4O3. The minimum atomic E-state index is -4.35. The van der Waals surface area contributed by atoms with Gasteiger partial charge in [0.05, 0.1) is 31.1 Å². The predicted molar refractivity (Wildman–Crippen MR) is 118 cm³/mol. The lowest BCUT2D eigenvalue weighted by atomic mass is 10.0. The average Bonchev–Trinajstić information content (AvgIpc) is 2.83. The summed E-state index contributed by atoms with van der Waals surface area (Å²) in [6.07, 6.45) is -0.671. The van der Waals surface area contributed by atoms with Crippen LogP contribution in [0.4, 0.5) is 24.5 Å². The molecule has 0 atom stereocenters. The summed E-state index contributed by atoms with van der Waals surface area (Å²) in [4.78, 5) is 3.84. The highest BCUT2D eigenvalue weighted by molar-refractivity contribution is 5.73. The van der Waals surface area contributed by atoms with E-state index < -0.39 is 11.7 Å². The Hall–Kier alpha value is -3.11. The third kappa shape index (κ3) is 5.28. The van der Waals surface area contributed by atoms with Crippen LogP contribution in [-0.4, -0.2) is 67.5 Å². The van der Waals surface area contributed by atoms with Crippen LogP contribution < -0.4 is 14.5 Å². The van der Waals surface area contributed by atoms with Crippen molar-refractivity contribution in [1.82, 2.24) is 10.2 Å². The maximum Gasteiger partial charge on any atom is 0.416 e. The topological polar surface area (TPSA) is 71.0 Å². The summed E-state index contributed by atoms with van der Waals surface area (Å²) in [5, 5.41) is 17.7. The Morgan fingerprint density at radius 1 is 1.15 bits per heavy atom. The molecule has 0 unspecified atom stereocenters. The van der Waals surface area contributed by atoms with Gasteiger partial charge in [-0.2, -0.15) is 13.2 Å². The van der Waals surface area contributed by atoms with Gasteiger partial charge in [-0.1, -0.05) is 12.1 Å². The first-order valence-corrected chi connectivity index (χ1v) is 10.6. The van der Waals surface area contributed by atoms with Crippen molar-refractivity contribution in [2.75, 3.05) is 55.9 Å². The molecule has 0 aliphatic carbocycles. The van der Waals surface area contributed by atoms with E-state index in [1.54, 1.807) is 4.90 Å². The summed E-state index contributed by atoms with van der Waals surface area (Å²) in [5.41, 5.74) is 3.27. The highest BCUT2D eigenvalue weighted by atomic mass is 19.4. The fourth-order valence-electron chi connectivity index (χ4n) is 3.74. The van der Waals surface area contributed by atoms with E-state index >= 15 is 0 Å². The quantitative estimate of drug-likeness (QED) is 0.705. The van der Waals surface area contributed by atoms with E-state index in [-0.39, 0.29) is 19.8 Å². The van der Waals surface area contributed by atoms with Crippen LogP contribution in [0.25, 0.3) is 11.3 Å². The zero-order valence-electron chi connectivity index (χ0n) is 18.2. The second-order valence-corrected chi connectivity index (χ2v) is 7.72. The molecule has 0 bridgehead atoms. The number of aliphatic hydroxyl groups is 1. The maximum atomic E-state index is 12.9. The molecule has 2 aromatic rings. The normalized spacial score (nSPS) is 16.7. The molecule has 1 N–H and O–H groups in total. The largest absolute Gasteiger partial charge is 0.473 e. The predicted octanol–water partition coefficient (Wildman–Crippen LogP) is 3.48. The number of nitrogens with zero attached hydrogens (tertiary/aromatic N) is 4. The lowest BCUT2D eigenvalue weighted by Crippen LogP contribution is -2.36. The number of alkyl halides is 3. The third-order valence-corrected chi connectivity index (χ3v) is 5.52. The molecular weight excluding hydrogens is 437 g/mol. The molecule has 1 aromatic heterocycles. The number of aromatic nitrogens is 2. The van der Waals surface area contributed by atoms with Crippen molar-refractivity contribution in [2.45, 2.75) is 13.1 Å². The van der Waals surface area contributed by atoms with Crippen LogP contribution in [-0.2, 0) is 4.74 Å². The Morgan fingerprint density at radius 2 is 1.94 bits per heavy atom. The second-order valence-electron chi connectivity index (χ2n) is 7.72. The van der Waals surface area contributed by atoms with Gasteiger partial charge in [0, 0.05) is 37.1 Å². The van der Waals surface area contributed by atoms with E-state index in [1.165, 1.54) is 12.3 Å². The summed E-state index contributed by atoms with van der Waals surface area (Å²) in [5.74, 6) is 0.340. The smallest absolute Gasteiger partial charge is 0.416 e. The van der Waals surface area contributed by atoms with Crippen molar-refractivity contribution < 1.29 is 27.8 Å². The Labute approximate surface area is 189 Å². The van der Waals surface area contributed by atoms with Gasteiger partial charge in [-0.25, -0.2) is 0 Å². The first-order chi connectivity index (χ1) is 15.9. The van der Waals surface area contributed by atoms with Crippen LogP contribution in [0.3, 0.4) is 0 Å². The Balaban J connectivity index is 1.65. The van der Waals surface area contributed by atoms with Crippen molar-refractivity contribution in [1.29, 1.82) is 0 Å². The number of halogens is 3. The van der Waals surface area contributed by atoms with Gasteiger partial charge in [-0.3, -0.25) is 0 Å². The molecule has 0 spiro atoms. The molecule has 1 aromatic carbocycles. The SMILES string of the molecule is Cc1ccc(N2C=CC(C(F)(F)F)=CC2)cc1-c1cc(N2CCOCC2)c(OCCO)nn1. The maximum absolute atomic E-state index is 12.9. The standard InChI is InChI=1S/C23H25F3N4O3/c1-16-2-3-18(29-6-4-17(5-7-29)23(24,25)26)14-19(16)20-15-21(30-8-11-32-12-9-30)22(28-27-20)33-13-10-31/h2-6,14-15,31H,7-13H2,1H3. The van der Waals surface area contributed by atoms with Gasteiger partial charge in [0.25, 0.3) is 5.88 Å². The molecule has 7 nitrogen and oxygen atoms in total. The summed E-state index contributed by atoms with van der Waals surface area (Å²) in [6.45, 7) is 4.54. The molecule has 0 amide bonds. The number of rotatable bonds is 6. The van der Waals surface area contributed by atoms with Crippen molar-refractivity contribution in [2.24, 2.45) is 0 Å². The number of allylic oxidation sites excluding steroid dienone is 2. The molecule has 0 saturated carbocycles. The van der Waals surface area contributed by atoms with E-state index in [2.05, 4.69) is 15.1 Å². The van der Waals surface area contributed by atoms with Crippen LogP contribution in [0.1, 0.15) is 5.56 Å². The van der Waals surface area contributed by atoms with Gasteiger partial charge in [0.2, 0.25) is 0 Å². The van der Waals surface area contributed by atoms with Crippen LogP contribution in [0.15, 0.2) is 48.2 Å². The van der Waals surface area contributed by atoms with Crippen LogP contribution in [0.5, 0.6) is 5.88 Å². The minimum absolute atomic E-state index is 0.106. The van der Waals surface area contributed by atoms with Gasteiger partial charge >= 0.3 is 6.18 Å². The zero-order valence-corrected chi connectivity index (χ0v) is 18.2. The van der Waals surface area contributed by atoms with E-state index in [0.717, 1.165) is 28.6 Å². The van der Waals surface area contributed by atoms with Crippen LogP contribution >= 0.6 is 0 Å². The molecule has 3 heterocycles. The minimum Gasteiger partial charge on any atom is -0.473 e. The summed E-state index contributed by atoms with van der Waals surface area (Å²) in [6, 6.07) is 7.57. The lowest BCUT2D eigenvalue weighted by Gasteiger charge is -2.30. The fourth-order valence-corrected chi connectivity index (χ4v) is 3.74. The summed E-state index contributed by atoms with van der Waals surface area (Å²) in [7, 11) is 0. The monoisotopic (exact) mass is 462 g/mol. The number of hydrogen-bond acceptors (Lipinski definition) is 7. The fraction of sp³-hybridized carbons (Fsp3) is 0.391. The van der Waals surface area contributed by atoms with Crippen molar-refractivity contribution in [3.05, 3.63) is 53.8 Å². The van der Waals surface area contributed by atoms with Gasteiger partial charge in [0.15, 0.2) is 0 Å². The number of morpholine rings is 1. The first kappa shape index (κ1) is 23.1. The highest BCUT2D eigenvalue weighted by Gasteiger charge is 2.32. The molecule has 4 rings (SSSR count). The van der Waals surface area contributed by atoms with Gasteiger partial charge in [-0.05, 0) is 36.8 Å². The van der Waals surface area contributed by atoms with Crippen molar-refractivity contribution >= 4 is 11.4 Å². The molecule has 2 aliphatic heterocycles. The third-order valence-electron chi connectivity index (χ3n) is 5.52. The Bertz CT molecular complexity index is 1050. The van der Waals surface area contributed by atoms with Gasteiger partial charge < -0.3 is 24.4 Å². The van der Waals surface area contributed by atoms with E-state index in [0.29, 0.717) is 37.9 Å². The van der Waals surface area contributed by atoms with Gasteiger partial charge in [-0.15, -0.1) is 10.2 Å². The lowest BCUT2D eigenvalue weighted by molar-refractivity contribution is -0.0885. The number of ether oxygens (including phenoxy) is 2. The summed E-state index contributed by atoms with van der Waals surface area (Å²) < 4.78 is 49.8. The van der Waals surface area contributed by atoms with Crippen molar-refractivity contribution in [3.8, 4) is 17.1 Å². The highest BCUT2D eigenvalue weighted by Crippen LogP contribution is 2.35. The number of benzene rings is 1. The van der Waals surface area contributed by atoms with Crippen LogP contribution in [0.2, 0.25) is 0 Å². The molecule has 1 saturated heterocycles. The zero-order chi connectivity index (χ0) is 23.4. The number of aliphatic hydroxyl groups excluding tert-OH is 1. The van der Waals surface area contributed by atoms with E-state index in [4.69, 9.17) is 14.6 Å². The Kier molecular flexibility index (Phi) is 6.85. The first-order valence-electron chi connectivity index (χ1n) is 10.6. The van der Waals surface area contributed by atoms with E-state index in [1.807, 2.05) is 31.2 Å². The number of hydrogen-bond donors (Lipinski definition) is 1. The number of anilines is 2. The van der Waals surface area contributed by atoms with Crippen LogP contribution in [0, 0.1) is 6.92 Å². The molecule has 2 aliphatic rings. The van der Waals surface area contributed by atoms with E-state index in [9.17, 15) is 13.2 Å². The summed E-state index contributed by atoms with van der Waals surface area (Å²) >= 11 is 0. The average molecular weight is 462 g/mol. The molecule has 1 fully saturated rings. The number of aryl methyl sites for hydroxylation is 1. The Morgan fingerprint density at radius 3 is 2.61 bits per heavy atom. The molecule has 176 valence electrons. The molecule has 33 heavy (non-hydrogen) atoms.